The van der Waals surface area contributed by atoms with E-state index in [4.69, 9.17) is 5.73 Å². The van der Waals surface area contributed by atoms with Crippen molar-refractivity contribution in [3.63, 3.8) is 0 Å². The number of primary amides is 1. The van der Waals surface area contributed by atoms with Gasteiger partial charge in [0.2, 0.25) is 5.91 Å². The molecular weight excluding hydrogens is 243 g/mol. The molecule has 3 N–H and O–H groups in total. The number of aryl methyl sites for hydroxylation is 1. The summed E-state index contributed by atoms with van der Waals surface area (Å²) in [5, 5.41) is 3.25. The Bertz CT molecular complexity index is 511. The number of carbonyl (C=O) groups excluding carboxylic acids is 1. The summed E-state index contributed by atoms with van der Waals surface area (Å²) < 4.78 is 13.5. The van der Waals surface area contributed by atoms with Crippen LogP contribution in [0.5, 0.6) is 0 Å². The van der Waals surface area contributed by atoms with Gasteiger partial charge in [0.25, 0.3) is 0 Å². The Labute approximate surface area is 112 Å². The maximum atomic E-state index is 13.5. The number of amides is 1. The van der Waals surface area contributed by atoms with Gasteiger partial charge in [0.1, 0.15) is 11.4 Å². The summed E-state index contributed by atoms with van der Waals surface area (Å²) in [6.07, 6.45) is 4.06. The molecule has 4 heteroatoms. The van der Waals surface area contributed by atoms with Crippen LogP contribution in [0, 0.1) is 24.6 Å². The van der Waals surface area contributed by atoms with Crippen LogP contribution in [0.3, 0.4) is 0 Å². The van der Waals surface area contributed by atoms with E-state index in [0.717, 1.165) is 24.8 Å². The number of nitrogens with two attached hydrogens (primary N) is 1. The van der Waals surface area contributed by atoms with Crippen LogP contribution >= 0.6 is 0 Å². The van der Waals surface area contributed by atoms with E-state index in [2.05, 4.69) is 5.32 Å². The zero-order chi connectivity index (χ0) is 13.6. The van der Waals surface area contributed by atoms with Gasteiger partial charge in [0, 0.05) is 5.69 Å². The minimum atomic E-state index is -0.677. The van der Waals surface area contributed by atoms with Gasteiger partial charge in [-0.1, -0.05) is 0 Å². The van der Waals surface area contributed by atoms with Crippen LogP contribution in [0.25, 0.3) is 0 Å². The predicted molar refractivity (Wildman–Crippen MR) is 72.1 cm³/mol. The summed E-state index contributed by atoms with van der Waals surface area (Å²) in [4.78, 5) is 12.0. The molecule has 0 aliphatic heterocycles. The lowest BCUT2D eigenvalue weighted by Crippen LogP contribution is -2.54. The number of rotatable bonds is 3. The smallest absolute Gasteiger partial charge is 0.243 e. The molecule has 0 saturated heterocycles. The Morgan fingerprint density at radius 2 is 2.21 bits per heavy atom. The van der Waals surface area contributed by atoms with Gasteiger partial charge in [-0.3, -0.25) is 4.79 Å². The Hall–Kier alpha value is -1.58. The van der Waals surface area contributed by atoms with Gasteiger partial charge >= 0.3 is 0 Å². The average molecular weight is 262 g/mol. The van der Waals surface area contributed by atoms with E-state index in [0.29, 0.717) is 17.5 Å². The Kier molecular flexibility index (Phi) is 2.77. The predicted octanol–water partition coefficient (Wildman–Crippen LogP) is 2.59. The second kappa shape index (κ2) is 4.22. The van der Waals surface area contributed by atoms with Gasteiger partial charge in [-0.15, -0.1) is 0 Å². The maximum absolute atomic E-state index is 13.5. The number of anilines is 1. The molecule has 19 heavy (non-hydrogen) atoms. The van der Waals surface area contributed by atoms with Crippen LogP contribution in [0.4, 0.5) is 10.1 Å². The minimum Gasteiger partial charge on any atom is -0.371 e. The number of hydrogen-bond acceptors (Lipinski definition) is 2. The third-order valence-electron chi connectivity index (χ3n) is 4.70. The lowest BCUT2D eigenvalue weighted by atomic mass is 9.80. The van der Waals surface area contributed by atoms with Crippen molar-refractivity contribution < 1.29 is 9.18 Å². The fraction of sp³-hybridized carbons (Fsp3) is 0.533. The first-order chi connectivity index (χ1) is 8.99. The highest BCUT2D eigenvalue weighted by Crippen LogP contribution is 2.52. The second-order valence-electron chi connectivity index (χ2n) is 6.06. The molecule has 0 spiro atoms. The summed E-state index contributed by atoms with van der Waals surface area (Å²) in [5.41, 5.74) is 6.47. The van der Waals surface area contributed by atoms with Crippen LogP contribution in [-0.4, -0.2) is 11.4 Å². The molecule has 3 unspecified atom stereocenters. The van der Waals surface area contributed by atoms with E-state index < -0.39 is 5.54 Å². The van der Waals surface area contributed by atoms with Gasteiger partial charge in [0.15, 0.2) is 0 Å². The van der Waals surface area contributed by atoms with Crippen molar-refractivity contribution in [2.24, 2.45) is 17.6 Å². The van der Waals surface area contributed by atoms with Crippen molar-refractivity contribution in [2.45, 2.75) is 38.1 Å². The molecule has 1 aromatic rings. The van der Waals surface area contributed by atoms with Gasteiger partial charge in [0.05, 0.1) is 0 Å². The maximum Gasteiger partial charge on any atom is 0.243 e. The Balaban J connectivity index is 1.92. The number of halogens is 1. The molecule has 0 radical (unpaired) electrons. The molecule has 2 saturated carbocycles. The highest BCUT2D eigenvalue weighted by atomic mass is 19.1. The topological polar surface area (TPSA) is 55.1 Å². The van der Waals surface area contributed by atoms with E-state index in [1.165, 1.54) is 18.6 Å². The van der Waals surface area contributed by atoms with Gasteiger partial charge in [-0.25, -0.2) is 4.39 Å². The SMILES string of the molecule is Cc1cc(F)cc(NC2(C(N)=O)CC3CCC2C3)c1. The van der Waals surface area contributed by atoms with Crippen LogP contribution < -0.4 is 11.1 Å². The first kappa shape index (κ1) is 12.5. The molecular formula is C15H19FN2O. The van der Waals surface area contributed by atoms with Crippen LogP contribution in [-0.2, 0) is 4.79 Å². The standard InChI is InChI=1S/C15H19FN2O/c1-9-4-12(16)7-13(5-9)18-15(14(17)19)8-10-2-3-11(15)6-10/h4-5,7,10-11,18H,2-3,6,8H2,1H3,(H2,17,19). The normalized spacial score (nSPS) is 32.5. The van der Waals surface area contributed by atoms with E-state index in [1.54, 1.807) is 0 Å². The largest absolute Gasteiger partial charge is 0.371 e. The fourth-order valence-corrected chi connectivity index (χ4v) is 3.91. The van der Waals surface area contributed by atoms with Crippen molar-refractivity contribution >= 4 is 11.6 Å². The molecule has 3 rings (SSSR count). The van der Waals surface area contributed by atoms with Crippen LogP contribution in [0.1, 0.15) is 31.2 Å². The molecule has 3 atom stereocenters. The zero-order valence-electron chi connectivity index (χ0n) is 11.1. The quantitative estimate of drug-likeness (QED) is 0.879. The molecule has 0 heterocycles. The van der Waals surface area contributed by atoms with E-state index >= 15 is 0 Å². The Morgan fingerprint density at radius 3 is 2.74 bits per heavy atom. The third kappa shape index (κ3) is 1.99. The zero-order valence-corrected chi connectivity index (χ0v) is 11.1. The summed E-state index contributed by atoms with van der Waals surface area (Å²) in [5.74, 6) is 0.283. The lowest BCUT2D eigenvalue weighted by Gasteiger charge is -2.36. The summed E-state index contributed by atoms with van der Waals surface area (Å²) in [7, 11) is 0. The molecule has 0 aromatic heterocycles. The monoisotopic (exact) mass is 262 g/mol. The van der Waals surface area contributed by atoms with E-state index in [1.807, 2.05) is 13.0 Å². The summed E-state index contributed by atoms with van der Waals surface area (Å²) in [6.45, 7) is 1.84. The van der Waals surface area contributed by atoms with Crippen molar-refractivity contribution in [3.05, 3.63) is 29.6 Å². The number of carbonyl (C=O) groups is 1. The van der Waals surface area contributed by atoms with Crippen molar-refractivity contribution in [3.8, 4) is 0 Å². The minimum absolute atomic E-state index is 0.287. The first-order valence-corrected chi connectivity index (χ1v) is 6.85. The highest BCUT2D eigenvalue weighted by Gasteiger charge is 2.54. The molecule has 2 aliphatic rings. The van der Waals surface area contributed by atoms with Gasteiger partial charge in [-0.05, 0) is 68.2 Å². The second-order valence-corrected chi connectivity index (χ2v) is 6.06. The highest BCUT2D eigenvalue weighted by molar-refractivity contribution is 5.89. The Morgan fingerprint density at radius 1 is 1.42 bits per heavy atom. The average Bonchev–Trinajstić information content (AvgIpc) is 2.87. The van der Waals surface area contributed by atoms with Crippen molar-refractivity contribution in [1.29, 1.82) is 0 Å². The molecule has 2 bridgehead atoms. The molecule has 1 aromatic carbocycles. The van der Waals surface area contributed by atoms with Crippen LogP contribution in [0.2, 0.25) is 0 Å². The summed E-state index contributed by atoms with van der Waals surface area (Å²) in [6, 6.07) is 4.77. The molecule has 3 nitrogen and oxygen atoms in total. The van der Waals surface area contributed by atoms with Crippen molar-refractivity contribution in [1.82, 2.24) is 0 Å². The molecule has 1 amide bonds. The molecule has 2 fully saturated rings. The number of fused-ring (bicyclic) bond motifs is 2. The number of hydrogen-bond donors (Lipinski definition) is 2. The van der Waals surface area contributed by atoms with Crippen molar-refractivity contribution in [2.75, 3.05) is 5.32 Å². The van der Waals surface area contributed by atoms with Crippen LogP contribution in [0.15, 0.2) is 18.2 Å². The lowest BCUT2D eigenvalue weighted by molar-refractivity contribution is -0.123. The molecule has 2 aliphatic carbocycles. The number of nitrogens with one attached hydrogen (secondary N) is 1. The van der Waals surface area contributed by atoms with E-state index in [9.17, 15) is 9.18 Å². The fourth-order valence-electron chi connectivity index (χ4n) is 3.91. The third-order valence-corrected chi connectivity index (χ3v) is 4.70. The van der Waals surface area contributed by atoms with E-state index in [-0.39, 0.29) is 11.7 Å². The molecule has 102 valence electrons. The summed E-state index contributed by atoms with van der Waals surface area (Å²) >= 11 is 0. The number of benzene rings is 1. The van der Waals surface area contributed by atoms with Gasteiger partial charge in [-0.2, -0.15) is 0 Å². The first-order valence-electron chi connectivity index (χ1n) is 6.85. The van der Waals surface area contributed by atoms with Gasteiger partial charge < -0.3 is 11.1 Å².